The summed E-state index contributed by atoms with van der Waals surface area (Å²) in [5, 5.41) is 16.6. The third-order valence-corrected chi connectivity index (χ3v) is 2.77. The second-order valence-corrected chi connectivity index (χ2v) is 3.92. The zero-order valence-electron chi connectivity index (χ0n) is 9.00. The second kappa shape index (κ2) is 3.71. The lowest BCUT2D eigenvalue weighted by Crippen LogP contribution is -2.39. The maximum atomic E-state index is 11.6. The van der Waals surface area contributed by atoms with Crippen LogP contribution in [0.1, 0.15) is 16.7 Å². The number of benzene rings is 1. The van der Waals surface area contributed by atoms with Gasteiger partial charge in [0.05, 0.1) is 12.2 Å². The molecule has 5 nitrogen and oxygen atoms in total. The van der Waals surface area contributed by atoms with Crippen molar-refractivity contribution in [2.24, 2.45) is 0 Å². The van der Waals surface area contributed by atoms with Gasteiger partial charge >= 0.3 is 0 Å². The fourth-order valence-electron chi connectivity index (χ4n) is 1.90. The molecule has 0 bridgehead atoms. The Labute approximate surface area is 97.7 Å². The van der Waals surface area contributed by atoms with Crippen LogP contribution in [0.4, 0.5) is 0 Å². The lowest BCUT2D eigenvalue weighted by atomic mass is 10.1. The maximum absolute atomic E-state index is 11.6. The first-order valence-corrected chi connectivity index (χ1v) is 5.37. The molecular weight excluding hydrogens is 218 g/mol. The van der Waals surface area contributed by atoms with E-state index in [4.69, 9.17) is 0 Å². The molecule has 5 heteroatoms. The van der Waals surface area contributed by atoms with Crippen LogP contribution >= 0.6 is 0 Å². The molecule has 0 spiro atoms. The summed E-state index contributed by atoms with van der Waals surface area (Å²) in [5.41, 5.74) is 2.01. The first-order valence-electron chi connectivity index (χ1n) is 5.37. The van der Waals surface area contributed by atoms with Crippen molar-refractivity contribution in [2.45, 2.75) is 6.23 Å². The molecule has 0 fully saturated rings. The number of aliphatic hydroxyl groups is 1. The lowest BCUT2D eigenvalue weighted by molar-refractivity contribution is 0.0594. The molecule has 1 aromatic carbocycles. The van der Waals surface area contributed by atoms with Crippen molar-refractivity contribution >= 4 is 5.91 Å². The Bertz CT molecular complexity index is 562. The van der Waals surface area contributed by atoms with Crippen LogP contribution in [0.5, 0.6) is 0 Å². The van der Waals surface area contributed by atoms with Gasteiger partial charge in [-0.3, -0.25) is 4.79 Å². The summed E-state index contributed by atoms with van der Waals surface area (Å²) in [4.78, 5) is 11.6. The van der Waals surface area contributed by atoms with E-state index in [2.05, 4.69) is 10.4 Å². The predicted octanol–water partition coefficient (Wildman–Crippen LogP) is 0.784. The molecule has 86 valence electrons. The SMILES string of the molecule is O=C1NCC(O)n2nc(-c3ccccc3)cc21. The van der Waals surface area contributed by atoms with Crippen molar-refractivity contribution in [2.75, 3.05) is 6.54 Å². The zero-order valence-corrected chi connectivity index (χ0v) is 9.00. The number of hydrogen-bond acceptors (Lipinski definition) is 3. The summed E-state index contributed by atoms with van der Waals surface area (Å²) >= 11 is 0. The molecule has 1 aliphatic heterocycles. The third-order valence-electron chi connectivity index (χ3n) is 2.77. The zero-order chi connectivity index (χ0) is 11.8. The first kappa shape index (κ1) is 10.0. The number of rotatable bonds is 1. The third kappa shape index (κ3) is 1.60. The molecule has 2 aromatic rings. The molecule has 3 rings (SSSR count). The van der Waals surface area contributed by atoms with Crippen molar-refractivity contribution in [3.63, 3.8) is 0 Å². The van der Waals surface area contributed by atoms with Crippen molar-refractivity contribution in [3.05, 3.63) is 42.1 Å². The summed E-state index contributed by atoms with van der Waals surface area (Å²) in [7, 11) is 0. The van der Waals surface area contributed by atoms with Gasteiger partial charge in [-0.25, -0.2) is 4.68 Å². The molecule has 0 saturated heterocycles. The number of amides is 1. The Kier molecular flexibility index (Phi) is 2.19. The van der Waals surface area contributed by atoms with Crippen molar-refractivity contribution in [3.8, 4) is 11.3 Å². The number of fused-ring (bicyclic) bond motifs is 1. The van der Waals surface area contributed by atoms with E-state index in [1.807, 2.05) is 30.3 Å². The van der Waals surface area contributed by atoms with Crippen molar-refractivity contribution in [1.82, 2.24) is 15.1 Å². The minimum absolute atomic E-state index is 0.196. The van der Waals surface area contributed by atoms with Crippen LogP contribution in [0.2, 0.25) is 0 Å². The van der Waals surface area contributed by atoms with E-state index in [-0.39, 0.29) is 12.5 Å². The number of nitrogens with one attached hydrogen (secondary N) is 1. The molecular formula is C12H11N3O2. The Balaban J connectivity index is 2.10. The average Bonchev–Trinajstić information content (AvgIpc) is 2.81. The molecule has 1 amide bonds. The van der Waals surface area contributed by atoms with Gasteiger partial charge in [0.15, 0.2) is 6.23 Å². The number of hydrogen-bond donors (Lipinski definition) is 2. The normalized spacial score (nSPS) is 18.6. The van der Waals surface area contributed by atoms with Gasteiger partial charge in [-0.05, 0) is 6.07 Å². The van der Waals surface area contributed by atoms with Crippen LogP contribution in [0.3, 0.4) is 0 Å². The molecule has 0 radical (unpaired) electrons. The minimum atomic E-state index is -0.792. The quantitative estimate of drug-likeness (QED) is 0.759. The number of β-amino-alcohol motifs (C(OH)–C–C–N with tert-alkyl or cyclic N) is 1. The summed E-state index contributed by atoms with van der Waals surface area (Å²) in [5.74, 6) is -0.204. The number of carbonyl (C=O) groups excluding carboxylic acids is 1. The van der Waals surface area contributed by atoms with Crippen molar-refractivity contribution in [1.29, 1.82) is 0 Å². The predicted molar refractivity (Wildman–Crippen MR) is 61.3 cm³/mol. The standard InChI is InChI=1S/C12H11N3O2/c16-11-7-13-12(17)10-6-9(14-15(10)11)8-4-2-1-3-5-8/h1-6,11,16H,7H2,(H,13,17). The number of aromatic nitrogens is 2. The number of aliphatic hydroxyl groups excluding tert-OH is 1. The Hall–Kier alpha value is -2.14. The second-order valence-electron chi connectivity index (χ2n) is 3.92. The van der Waals surface area contributed by atoms with E-state index >= 15 is 0 Å². The highest BCUT2D eigenvalue weighted by Crippen LogP contribution is 2.22. The van der Waals surface area contributed by atoms with E-state index in [9.17, 15) is 9.90 Å². The van der Waals surface area contributed by atoms with Crippen LogP contribution in [-0.2, 0) is 0 Å². The Morgan fingerprint density at radius 2 is 2.12 bits per heavy atom. The van der Waals surface area contributed by atoms with Crippen LogP contribution < -0.4 is 5.32 Å². The molecule has 0 aliphatic carbocycles. The summed E-state index contributed by atoms with van der Waals surface area (Å²) < 4.78 is 1.36. The van der Waals surface area contributed by atoms with Gasteiger partial charge in [0.1, 0.15) is 5.69 Å². The highest BCUT2D eigenvalue weighted by atomic mass is 16.3. The van der Waals surface area contributed by atoms with E-state index in [1.165, 1.54) is 4.68 Å². The van der Waals surface area contributed by atoms with Crippen molar-refractivity contribution < 1.29 is 9.90 Å². The molecule has 17 heavy (non-hydrogen) atoms. The van der Waals surface area contributed by atoms with E-state index in [1.54, 1.807) is 6.07 Å². The fraction of sp³-hybridized carbons (Fsp3) is 0.167. The molecule has 1 aliphatic rings. The van der Waals surface area contributed by atoms with E-state index < -0.39 is 6.23 Å². The average molecular weight is 229 g/mol. The smallest absolute Gasteiger partial charge is 0.269 e. The molecule has 0 saturated carbocycles. The maximum Gasteiger partial charge on any atom is 0.269 e. The summed E-state index contributed by atoms with van der Waals surface area (Å²) in [6.07, 6.45) is -0.792. The largest absolute Gasteiger partial charge is 0.370 e. The molecule has 2 N–H and O–H groups in total. The Morgan fingerprint density at radius 1 is 1.35 bits per heavy atom. The summed E-state index contributed by atoms with van der Waals surface area (Å²) in [6.45, 7) is 0.196. The fourth-order valence-corrected chi connectivity index (χ4v) is 1.90. The summed E-state index contributed by atoms with van der Waals surface area (Å²) in [6, 6.07) is 11.2. The van der Waals surface area contributed by atoms with Crippen LogP contribution in [0, 0.1) is 0 Å². The van der Waals surface area contributed by atoms with Gasteiger partial charge in [-0.2, -0.15) is 5.10 Å². The molecule has 1 atom stereocenters. The van der Waals surface area contributed by atoms with Crippen LogP contribution in [-0.4, -0.2) is 27.3 Å². The highest BCUT2D eigenvalue weighted by Gasteiger charge is 2.25. The Morgan fingerprint density at radius 3 is 2.82 bits per heavy atom. The van der Waals surface area contributed by atoms with Gasteiger partial charge in [-0.1, -0.05) is 30.3 Å². The van der Waals surface area contributed by atoms with E-state index in [0.29, 0.717) is 11.4 Å². The monoisotopic (exact) mass is 229 g/mol. The van der Waals surface area contributed by atoms with Gasteiger partial charge in [0, 0.05) is 5.56 Å². The van der Waals surface area contributed by atoms with E-state index in [0.717, 1.165) is 5.56 Å². The van der Waals surface area contributed by atoms with Crippen LogP contribution in [0.15, 0.2) is 36.4 Å². The van der Waals surface area contributed by atoms with Gasteiger partial charge < -0.3 is 10.4 Å². The molecule has 1 aromatic heterocycles. The van der Waals surface area contributed by atoms with Gasteiger partial charge in [0.25, 0.3) is 5.91 Å². The number of nitrogens with zero attached hydrogens (tertiary/aromatic N) is 2. The lowest BCUT2D eigenvalue weighted by Gasteiger charge is -2.19. The van der Waals surface area contributed by atoms with Crippen LogP contribution in [0.25, 0.3) is 11.3 Å². The minimum Gasteiger partial charge on any atom is -0.370 e. The molecule has 1 unspecified atom stereocenters. The number of carbonyl (C=O) groups is 1. The van der Waals surface area contributed by atoms with Gasteiger partial charge in [0.2, 0.25) is 0 Å². The topological polar surface area (TPSA) is 67.2 Å². The first-order chi connectivity index (χ1) is 8.25. The van der Waals surface area contributed by atoms with Gasteiger partial charge in [-0.15, -0.1) is 0 Å². The molecule has 2 heterocycles. The highest BCUT2D eigenvalue weighted by molar-refractivity contribution is 5.94.